The summed E-state index contributed by atoms with van der Waals surface area (Å²) in [6, 6.07) is 8.50. The maximum atomic E-state index is 12.5. The van der Waals surface area contributed by atoms with Gasteiger partial charge in [0, 0.05) is 24.5 Å². The number of nitrogens with zero attached hydrogens (tertiary/aromatic N) is 2. The van der Waals surface area contributed by atoms with Crippen LogP contribution in [-0.2, 0) is 4.79 Å². The molecule has 0 spiro atoms. The summed E-state index contributed by atoms with van der Waals surface area (Å²) in [5, 5.41) is 3.33. The lowest BCUT2D eigenvalue weighted by Crippen LogP contribution is -2.39. The Bertz CT molecular complexity index is 783. The highest BCUT2D eigenvalue weighted by molar-refractivity contribution is 6.42. The number of carbonyl (C=O) groups is 2. The Balaban J connectivity index is 1.62. The van der Waals surface area contributed by atoms with Crippen LogP contribution in [0.15, 0.2) is 42.7 Å². The molecule has 0 saturated carbocycles. The maximum absolute atomic E-state index is 12.5. The molecule has 0 bridgehead atoms. The maximum Gasteiger partial charge on any atom is 0.251 e. The first-order valence-corrected chi connectivity index (χ1v) is 8.74. The van der Waals surface area contributed by atoms with Crippen LogP contribution in [0.4, 0.5) is 0 Å². The van der Waals surface area contributed by atoms with Gasteiger partial charge in [-0.1, -0.05) is 23.2 Å². The van der Waals surface area contributed by atoms with Gasteiger partial charge >= 0.3 is 0 Å². The number of hydrogen-bond donors (Lipinski definition) is 1. The number of carbonyl (C=O) groups excluding carboxylic acids is 2. The SMILES string of the molecule is O=C(NCC(=O)N1CCCC1c1ccncc1)c1ccc(Cl)c(Cl)c1. The molecule has 2 heterocycles. The van der Waals surface area contributed by atoms with Crippen molar-refractivity contribution in [3.05, 3.63) is 63.9 Å². The zero-order chi connectivity index (χ0) is 17.8. The number of rotatable bonds is 4. The van der Waals surface area contributed by atoms with Crippen LogP contribution in [0.1, 0.15) is 34.8 Å². The van der Waals surface area contributed by atoms with Gasteiger partial charge in [-0.3, -0.25) is 14.6 Å². The normalized spacial score (nSPS) is 16.7. The van der Waals surface area contributed by atoms with E-state index in [4.69, 9.17) is 23.2 Å². The van der Waals surface area contributed by atoms with Crippen LogP contribution in [0.3, 0.4) is 0 Å². The van der Waals surface area contributed by atoms with E-state index in [1.807, 2.05) is 17.0 Å². The molecule has 5 nitrogen and oxygen atoms in total. The van der Waals surface area contributed by atoms with E-state index in [1.54, 1.807) is 24.5 Å². The molecule has 3 rings (SSSR count). The van der Waals surface area contributed by atoms with E-state index in [0.717, 1.165) is 18.4 Å². The van der Waals surface area contributed by atoms with Crippen molar-refractivity contribution in [3.63, 3.8) is 0 Å². The zero-order valence-electron chi connectivity index (χ0n) is 13.4. The van der Waals surface area contributed by atoms with Gasteiger partial charge in [0.25, 0.3) is 5.91 Å². The van der Waals surface area contributed by atoms with Crippen molar-refractivity contribution in [2.75, 3.05) is 13.1 Å². The predicted octanol–water partition coefficient (Wildman–Crippen LogP) is 3.48. The third-order valence-electron chi connectivity index (χ3n) is 4.25. The summed E-state index contributed by atoms with van der Waals surface area (Å²) in [5.41, 5.74) is 1.44. The van der Waals surface area contributed by atoms with Gasteiger partial charge in [-0.2, -0.15) is 0 Å². The summed E-state index contributed by atoms with van der Waals surface area (Å²) >= 11 is 11.8. The van der Waals surface area contributed by atoms with E-state index in [-0.39, 0.29) is 24.4 Å². The predicted molar refractivity (Wildman–Crippen MR) is 96.7 cm³/mol. The molecule has 1 fully saturated rings. The van der Waals surface area contributed by atoms with Gasteiger partial charge in [-0.05, 0) is 48.7 Å². The van der Waals surface area contributed by atoms with E-state index >= 15 is 0 Å². The number of amides is 2. The molecular formula is C18H17Cl2N3O2. The number of likely N-dealkylation sites (tertiary alicyclic amines) is 1. The van der Waals surface area contributed by atoms with Gasteiger partial charge in [0.05, 0.1) is 22.6 Å². The van der Waals surface area contributed by atoms with Crippen LogP contribution in [0.25, 0.3) is 0 Å². The summed E-state index contributed by atoms with van der Waals surface area (Å²) in [7, 11) is 0. The van der Waals surface area contributed by atoms with Gasteiger partial charge in [0.2, 0.25) is 5.91 Å². The number of nitrogens with one attached hydrogen (secondary N) is 1. The Labute approximate surface area is 155 Å². The first-order valence-electron chi connectivity index (χ1n) is 7.99. The molecule has 2 amide bonds. The van der Waals surface area contributed by atoms with Crippen LogP contribution < -0.4 is 5.32 Å². The van der Waals surface area contributed by atoms with E-state index < -0.39 is 0 Å². The average molecular weight is 378 g/mol. The van der Waals surface area contributed by atoms with E-state index in [1.165, 1.54) is 6.07 Å². The number of halogens is 2. The van der Waals surface area contributed by atoms with E-state index in [2.05, 4.69) is 10.3 Å². The first kappa shape index (κ1) is 17.7. The Morgan fingerprint density at radius 1 is 1.16 bits per heavy atom. The highest BCUT2D eigenvalue weighted by Crippen LogP contribution is 2.31. The Morgan fingerprint density at radius 2 is 1.92 bits per heavy atom. The lowest BCUT2D eigenvalue weighted by Gasteiger charge is -2.25. The van der Waals surface area contributed by atoms with Crippen LogP contribution in [0.5, 0.6) is 0 Å². The second kappa shape index (κ2) is 7.85. The molecule has 1 N–H and O–H groups in total. The van der Waals surface area contributed by atoms with Gasteiger partial charge in [0.1, 0.15) is 0 Å². The largest absolute Gasteiger partial charge is 0.343 e. The Hall–Kier alpha value is -2.11. The summed E-state index contributed by atoms with van der Waals surface area (Å²) in [4.78, 5) is 30.5. The molecular weight excluding hydrogens is 361 g/mol. The fourth-order valence-electron chi connectivity index (χ4n) is 2.99. The van der Waals surface area contributed by atoms with Gasteiger partial charge in [-0.15, -0.1) is 0 Å². The smallest absolute Gasteiger partial charge is 0.251 e. The molecule has 7 heteroatoms. The second-order valence-electron chi connectivity index (χ2n) is 5.84. The summed E-state index contributed by atoms with van der Waals surface area (Å²) in [5.74, 6) is -0.459. The third-order valence-corrected chi connectivity index (χ3v) is 4.99. The average Bonchev–Trinajstić information content (AvgIpc) is 3.12. The number of pyridine rings is 1. The minimum absolute atomic E-state index is 0.0392. The van der Waals surface area contributed by atoms with Crippen molar-refractivity contribution in [3.8, 4) is 0 Å². The molecule has 1 aromatic heterocycles. The Morgan fingerprint density at radius 3 is 2.64 bits per heavy atom. The Kier molecular flexibility index (Phi) is 5.56. The molecule has 0 radical (unpaired) electrons. The van der Waals surface area contributed by atoms with Gasteiger partial charge in [-0.25, -0.2) is 0 Å². The highest BCUT2D eigenvalue weighted by atomic mass is 35.5. The molecule has 1 unspecified atom stereocenters. The molecule has 1 aliphatic heterocycles. The summed E-state index contributed by atoms with van der Waals surface area (Å²) in [6.45, 7) is 0.634. The third kappa shape index (κ3) is 4.11. The highest BCUT2D eigenvalue weighted by Gasteiger charge is 2.29. The molecule has 1 saturated heterocycles. The van der Waals surface area contributed by atoms with Crippen molar-refractivity contribution in [1.29, 1.82) is 0 Å². The lowest BCUT2D eigenvalue weighted by atomic mass is 10.1. The number of aromatic nitrogens is 1. The molecule has 0 aliphatic carbocycles. The van der Waals surface area contributed by atoms with Crippen molar-refractivity contribution in [1.82, 2.24) is 15.2 Å². The minimum Gasteiger partial charge on any atom is -0.343 e. The number of hydrogen-bond acceptors (Lipinski definition) is 3. The fraction of sp³-hybridized carbons (Fsp3) is 0.278. The standard InChI is InChI=1S/C18H17Cl2N3O2/c19-14-4-3-13(10-15(14)20)18(25)22-11-17(24)23-9-1-2-16(23)12-5-7-21-8-6-12/h3-8,10,16H,1-2,9,11H2,(H,22,25). The van der Waals surface area contributed by atoms with Crippen molar-refractivity contribution < 1.29 is 9.59 Å². The molecule has 1 atom stereocenters. The van der Waals surface area contributed by atoms with Crippen LogP contribution in [0.2, 0.25) is 10.0 Å². The summed E-state index contributed by atoms with van der Waals surface area (Å²) in [6.07, 6.45) is 5.31. The van der Waals surface area contributed by atoms with Crippen molar-refractivity contribution in [2.24, 2.45) is 0 Å². The van der Waals surface area contributed by atoms with Crippen molar-refractivity contribution in [2.45, 2.75) is 18.9 Å². The van der Waals surface area contributed by atoms with Crippen LogP contribution >= 0.6 is 23.2 Å². The molecule has 1 aromatic carbocycles. The van der Waals surface area contributed by atoms with Crippen molar-refractivity contribution >= 4 is 35.0 Å². The van der Waals surface area contributed by atoms with E-state index in [9.17, 15) is 9.59 Å². The van der Waals surface area contributed by atoms with Crippen LogP contribution in [-0.4, -0.2) is 34.8 Å². The second-order valence-corrected chi connectivity index (χ2v) is 6.65. The lowest BCUT2D eigenvalue weighted by molar-refractivity contribution is -0.131. The molecule has 25 heavy (non-hydrogen) atoms. The van der Waals surface area contributed by atoms with Gasteiger partial charge in [0.15, 0.2) is 0 Å². The summed E-state index contributed by atoms with van der Waals surface area (Å²) < 4.78 is 0. The van der Waals surface area contributed by atoms with Gasteiger partial charge < -0.3 is 10.2 Å². The molecule has 2 aromatic rings. The topological polar surface area (TPSA) is 62.3 Å². The quantitative estimate of drug-likeness (QED) is 0.886. The fourth-order valence-corrected chi connectivity index (χ4v) is 3.29. The zero-order valence-corrected chi connectivity index (χ0v) is 14.9. The molecule has 1 aliphatic rings. The minimum atomic E-state index is -0.355. The molecule has 130 valence electrons. The monoisotopic (exact) mass is 377 g/mol. The van der Waals surface area contributed by atoms with Crippen LogP contribution in [0, 0.1) is 0 Å². The van der Waals surface area contributed by atoms with E-state index in [0.29, 0.717) is 22.2 Å². The first-order chi connectivity index (χ1) is 12.1. The number of benzene rings is 1.